The van der Waals surface area contributed by atoms with Crippen LogP contribution in [0.25, 0.3) is 0 Å². The zero-order valence-corrected chi connectivity index (χ0v) is 20.5. The van der Waals surface area contributed by atoms with Crippen LogP contribution < -0.4 is 15.0 Å². The molecule has 2 aliphatic heterocycles. The highest BCUT2D eigenvalue weighted by molar-refractivity contribution is 7.90. The van der Waals surface area contributed by atoms with Crippen molar-refractivity contribution in [1.29, 1.82) is 0 Å². The van der Waals surface area contributed by atoms with Crippen molar-refractivity contribution in [3.05, 3.63) is 47.3 Å². The summed E-state index contributed by atoms with van der Waals surface area (Å²) in [5.41, 5.74) is 2.57. The van der Waals surface area contributed by atoms with Gasteiger partial charge in [-0.05, 0) is 49.1 Å². The van der Waals surface area contributed by atoms with E-state index in [2.05, 4.69) is 35.0 Å². The molecule has 0 spiro atoms. The van der Waals surface area contributed by atoms with Gasteiger partial charge in [-0.3, -0.25) is 0 Å². The molecule has 1 saturated heterocycles. The lowest BCUT2D eigenvalue weighted by molar-refractivity contribution is 0.208. The first-order valence-electron chi connectivity index (χ1n) is 11.0. The van der Waals surface area contributed by atoms with E-state index in [1.165, 1.54) is 18.2 Å². The Balaban J connectivity index is 1.53. The van der Waals surface area contributed by atoms with Crippen molar-refractivity contribution in [3.8, 4) is 5.75 Å². The van der Waals surface area contributed by atoms with Gasteiger partial charge in [0.15, 0.2) is 15.6 Å². The zero-order valence-electron chi connectivity index (χ0n) is 18.9. The van der Waals surface area contributed by atoms with E-state index in [-0.39, 0.29) is 4.90 Å². The van der Waals surface area contributed by atoms with Crippen LogP contribution in [0.4, 0.5) is 17.1 Å². The Bertz CT molecular complexity index is 1070. The summed E-state index contributed by atoms with van der Waals surface area (Å²) in [4.78, 5) is 5.22. The maximum Gasteiger partial charge on any atom is 0.175 e. The Kier molecular flexibility index (Phi) is 6.89. The fourth-order valence-electron chi connectivity index (χ4n) is 4.56. The van der Waals surface area contributed by atoms with Gasteiger partial charge in [-0.25, -0.2) is 8.42 Å². The van der Waals surface area contributed by atoms with Crippen LogP contribution >= 0.6 is 11.6 Å². The Hall–Kier alpha value is -1.96. The first-order valence-corrected chi connectivity index (χ1v) is 13.3. The first-order chi connectivity index (χ1) is 15.2. The maximum atomic E-state index is 11.8. The fraction of sp³-hybridized carbons (Fsp3) is 0.458. The molecule has 173 valence electrons. The molecule has 1 N–H and O–H groups in total. The van der Waals surface area contributed by atoms with E-state index >= 15 is 0 Å². The van der Waals surface area contributed by atoms with Crippen LogP contribution in [0.3, 0.4) is 0 Å². The second-order valence-corrected chi connectivity index (χ2v) is 11.4. The van der Waals surface area contributed by atoms with Crippen LogP contribution in [0, 0.1) is 5.92 Å². The number of rotatable bonds is 6. The van der Waals surface area contributed by atoms with Gasteiger partial charge in [0.2, 0.25) is 0 Å². The predicted octanol–water partition coefficient (Wildman–Crippen LogP) is 4.76. The van der Waals surface area contributed by atoms with E-state index in [0.717, 1.165) is 56.1 Å². The van der Waals surface area contributed by atoms with Gasteiger partial charge < -0.3 is 19.9 Å². The van der Waals surface area contributed by atoms with E-state index in [0.29, 0.717) is 23.4 Å². The average molecular weight is 477 g/mol. The number of likely N-dealkylation sites (tertiary alicyclic amines) is 1. The lowest BCUT2D eigenvalue weighted by Crippen LogP contribution is -2.48. The summed E-state index contributed by atoms with van der Waals surface area (Å²) in [5.74, 6) is 2.28. The van der Waals surface area contributed by atoms with Gasteiger partial charge in [0.25, 0.3) is 0 Å². The molecule has 0 amide bonds. The highest BCUT2D eigenvalue weighted by atomic mass is 35.5. The Labute approximate surface area is 196 Å². The molecule has 0 aliphatic carbocycles. The van der Waals surface area contributed by atoms with Gasteiger partial charge >= 0.3 is 0 Å². The average Bonchev–Trinajstić information content (AvgIpc) is 2.74. The van der Waals surface area contributed by atoms with E-state index in [1.807, 2.05) is 12.1 Å². The van der Waals surface area contributed by atoms with Crippen molar-refractivity contribution in [3.63, 3.8) is 0 Å². The molecule has 2 aliphatic rings. The Morgan fingerprint density at radius 3 is 2.53 bits per heavy atom. The number of nitrogens with one attached hydrogen (secondary N) is 1. The minimum absolute atomic E-state index is 0.202. The Morgan fingerprint density at radius 2 is 1.88 bits per heavy atom. The molecule has 4 rings (SSSR count). The molecule has 0 bridgehead atoms. The van der Waals surface area contributed by atoms with Crippen LogP contribution in [-0.2, 0) is 9.84 Å². The number of piperidine rings is 1. The second-order valence-electron chi connectivity index (χ2n) is 8.95. The SMILES string of the molecule is C[C](C)CN1CCC(N2CCOc3c(Nc4ccc(S(C)(=O)=O)cc4Cl)cccc32)CC1. The quantitative estimate of drug-likeness (QED) is 0.648. The summed E-state index contributed by atoms with van der Waals surface area (Å²) in [6.45, 7) is 9.21. The van der Waals surface area contributed by atoms with Gasteiger partial charge in [0.1, 0.15) is 6.61 Å². The number of halogens is 1. The van der Waals surface area contributed by atoms with Crippen LogP contribution in [0.2, 0.25) is 5.02 Å². The first kappa shape index (κ1) is 23.2. The third-order valence-corrected chi connectivity index (χ3v) is 7.48. The summed E-state index contributed by atoms with van der Waals surface area (Å²) in [6, 6.07) is 11.3. The molecule has 0 unspecified atom stereocenters. The van der Waals surface area contributed by atoms with Gasteiger partial charge in [-0.15, -0.1) is 0 Å². The predicted molar refractivity (Wildman–Crippen MR) is 131 cm³/mol. The molecule has 0 atom stereocenters. The molecule has 8 heteroatoms. The van der Waals surface area contributed by atoms with Crippen molar-refractivity contribution in [1.82, 2.24) is 4.90 Å². The molecular formula is C24H31ClN3O3S. The van der Waals surface area contributed by atoms with Crippen LogP contribution in [0.5, 0.6) is 5.75 Å². The number of nitrogens with zero attached hydrogens (tertiary/aromatic N) is 2. The summed E-state index contributed by atoms with van der Waals surface area (Å²) in [7, 11) is -3.31. The highest BCUT2D eigenvalue weighted by Crippen LogP contribution is 2.42. The summed E-state index contributed by atoms with van der Waals surface area (Å²) in [5, 5.41) is 3.70. The zero-order chi connectivity index (χ0) is 22.9. The van der Waals surface area contributed by atoms with E-state index in [4.69, 9.17) is 16.3 Å². The number of para-hydroxylation sites is 1. The molecule has 1 radical (unpaired) electrons. The molecule has 1 fully saturated rings. The third-order valence-electron chi connectivity index (χ3n) is 6.06. The van der Waals surface area contributed by atoms with Crippen molar-refractivity contribution in [2.24, 2.45) is 0 Å². The summed E-state index contributed by atoms with van der Waals surface area (Å²) >= 11 is 6.38. The Morgan fingerprint density at radius 1 is 1.12 bits per heavy atom. The van der Waals surface area contributed by atoms with Crippen molar-refractivity contribution >= 4 is 38.5 Å². The van der Waals surface area contributed by atoms with Gasteiger partial charge in [-0.2, -0.15) is 0 Å². The molecular weight excluding hydrogens is 446 g/mol. The van der Waals surface area contributed by atoms with Crippen LogP contribution in [0.15, 0.2) is 41.3 Å². The lowest BCUT2D eigenvalue weighted by Gasteiger charge is -2.42. The van der Waals surface area contributed by atoms with E-state index < -0.39 is 9.84 Å². The highest BCUT2D eigenvalue weighted by Gasteiger charge is 2.30. The topological polar surface area (TPSA) is 61.9 Å². The second kappa shape index (κ2) is 9.49. The number of benzene rings is 2. The molecule has 2 heterocycles. The number of sulfone groups is 1. The minimum Gasteiger partial charge on any atom is -0.487 e. The molecule has 0 saturated carbocycles. The number of hydrogen-bond donors (Lipinski definition) is 1. The largest absolute Gasteiger partial charge is 0.487 e. The fourth-order valence-corrected chi connectivity index (χ4v) is 5.50. The maximum absolute atomic E-state index is 11.8. The molecule has 2 aromatic carbocycles. The molecule has 0 aromatic heterocycles. The minimum atomic E-state index is -3.31. The third kappa shape index (κ3) is 5.16. The van der Waals surface area contributed by atoms with E-state index in [9.17, 15) is 8.42 Å². The summed E-state index contributed by atoms with van der Waals surface area (Å²) in [6.07, 6.45) is 3.46. The molecule has 32 heavy (non-hydrogen) atoms. The smallest absolute Gasteiger partial charge is 0.175 e. The lowest BCUT2D eigenvalue weighted by atomic mass is 10.00. The monoisotopic (exact) mass is 476 g/mol. The number of ether oxygens (including phenoxy) is 1. The van der Waals surface area contributed by atoms with Gasteiger partial charge in [0.05, 0.1) is 33.5 Å². The number of fused-ring (bicyclic) bond motifs is 1. The van der Waals surface area contributed by atoms with Gasteiger partial charge in [-0.1, -0.05) is 31.5 Å². The molecule has 2 aromatic rings. The summed E-state index contributed by atoms with van der Waals surface area (Å²) < 4.78 is 29.7. The van der Waals surface area contributed by atoms with E-state index in [1.54, 1.807) is 12.1 Å². The van der Waals surface area contributed by atoms with Crippen molar-refractivity contribution in [2.75, 3.05) is 49.3 Å². The molecule has 6 nitrogen and oxygen atoms in total. The normalized spacial score (nSPS) is 17.8. The number of hydrogen-bond acceptors (Lipinski definition) is 6. The number of anilines is 3. The standard InChI is InChI=1S/C24H31ClN3O3S/c1-17(2)16-27-11-9-18(10-12-27)28-13-14-31-24-22(5-4-6-23(24)28)26-21-8-7-19(15-20(21)25)32(3,29)30/h4-8,15,18,26H,9-14,16H2,1-3H3. The van der Waals surface area contributed by atoms with Crippen LogP contribution in [0.1, 0.15) is 26.7 Å². The van der Waals surface area contributed by atoms with Crippen LogP contribution in [-0.4, -0.2) is 58.4 Å². The van der Waals surface area contributed by atoms with Gasteiger partial charge in [0, 0.05) is 31.9 Å². The van der Waals surface area contributed by atoms with Crippen molar-refractivity contribution in [2.45, 2.75) is 37.6 Å². The van der Waals surface area contributed by atoms with Crippen molar-refractivity contribution < 1.29 is 13.2 Å².